The lowest BCUT2D eigenvalue weighted by Gasteiger charge is -2.46. The predicted octanol–water partition coefficient (Wildman–Crippen LogP) is 4.13. The highest BCUT2D eigenvalue weighted by atomic mass is 32.2. The maximum atomic E-state index is 14.7. The van der Waals surface area contributed by atoms with Gasteiger partial charge in [-0.05, 0) is 44.1 Å². The number of carboxylic acids is 1. The zero-order valence-electron chi connectivity index (χ0n) is 22.5. The van der Waals surface area contributed by atoms with Gasteiger partial charge in [0.2, 0.25) is 11.8 Å². The molecule has 6 atom stereocenters. The average Bonchev–Trinajstić information content (AvgIpc) is 3.44. The van der Waals surface area contributed by atoms with Crippen molar-refractivity contribution in [3.63, 3.8) is 0 Å². The molecule has 4 rings (SSSR count). The molecule has 2 amide bonds. The van der Waals surface area contributed by atoms with Gasteiger partial charge in [-0.25, -0.2) is 0 Å². The van der Waals surface area contributed by atoms with E-state index < -0.39 is 40.2 Å². The monoisotopic (exact) mass is 528 g/mol. The number of hydrogen-bond donors (Lipinski definition) is 2. The maximum Gasteiger partial charge on any atom is 0.308 e. The Kier molecular flexibility index (Phi) is 7.32. The van der Waals surface area contributed by atoms with E-state index in [1.165, 1.54) is 16.7 Å². The van der Waals surface area contributed by atoms with Crippen molar-refractivity contribution in [1.82, 2.24) is 9.80 Å². The molecule has 3 aliphatic heterocycles. The molecule has 2 N–H and O–H groups in total. The van der Waals surface area contributed by atoms with Crippen molar-refractivity contribution in [1.29, 1.82) is 0 Å². The highest BCUT2D eigenvalue weighted by molar-refractivity contribution is 8.02. The number of aliphatic hydroxyl groups excluding tert-OH is 1. The summed E-state index contributed by atoms with van der Waals surface area (Å²) in [4.78, 5) is 44.6. The molecule has 0 aliphatic carbocycles. The van der Waals surface area contributed by atoms with Gasteiger partial charge < -0.3 is 20.0 Å². The Bertz CT molecular complexity index is 1070. The van der Waals surface area contributed by atoms with Crippen molar-refractivity contribution in [3.8, 4) is 0 Å². The van der Waals surface area contributed by atoms with Crippen molar-refractivity contribution in [2.75, 3.05) is 13.2 Å². The number of nitrogens with zero attached hydrogens (tertiary/aromatic N) is 2. The van der Waals surface area contributed by atoms with Crippen LogP contribution in [0.1, 0.15) is 65.5 Å². The van der Waals surface area contributed by atoms with Crippen molar-refractivity contribution >= 4 is 29.5 Å². The molecule has 1 aromatic carbocycles. The van der Waals surface area contributed by atoms with Crippen molar-refractivity contribution < 1.29 is 24.6 Å². The van der Waals surface area contributed by atoms with Crippen LogP contribution in [0.3, 0.4) is 0 Å². The van der Waals surface area contributed by atoms with Gasteiger partial charge in [0.1, 0.15) is 6.04 Å². The number of aliphatic hydroxyl groups is 1. The Hall–Kier alpha value is -2.32. The van der Waals surface area contributed by atoms with Crippen molar-refractivity contribution in [2.45, 2.75) is 81.5 Å². The number of thioether (sulfide) groups is 1. The van der Waals surface area contributed by atoms with Crippen LogP contribution in [0.4, 0.5) is 0 Å². The molecule has 2 bridgehead atoms. The molecule has 37 heavy (non-hydrogen) atoms. The van der Waals surface area contributed by atoms with Crippen LogP contribution in [0.25, 0.3) is 0 Å². The number of benzene rings is 1. The number of hydrogen-bond acceptors (Lipinski definition) is 5. The number of amides is 2. The lowest BCUT2D eigenvalue weighted by atomic mass is 9.71. The van der Waals surface area contributed by atoms with Gasteiger partial charge in [-0.2, -0.15) is 0 Å². The molecule has 8 heteroatoms. The average molecular weight is 529 g/mol. The first-order valence-corrected chi connectivity index (χ1v) is 14.0. The number of carbonyl (C=O) groups excluding carboxylic acids is 2. The summed E-state index contributed by atoms with van der Waals surface area (Å²) >= 11 is 1.51. The SMILES string of the molecule is C=CCN(C(=O)C1N([C@H](CO)c2ccccc2)C(=O)[C@@H]2[C@@H](C(=O)O)[C@H]3CCC12S3)C(C)(C)CC(C)(C)C. The molecule has 3 fully saturated rings. The van der Waals surface area contributed by atoms with Crippen LogP contribution in [-0.2, 0) is 14.4 Å². The molecule has 3 aliphatic rings. The minimum absolute atomic E-state index is 0.0537. The summed E-state index contributed by atoms with van der Waals surface area (Å²) in [5.74, 6) is -3.15. The zero-order chi connectivity index (χ0) is 27.3. The van der Waals surface area contributed by atoms with Gasteiger partial charge in [-0.15, -0.1) is 18.3 Å². The third-order valence-electron chi connectivity index (χ3n) is 8.22. The van der Waals surface area contributed by atoms with Crippen molar-refractivity contribution in [3.05, 3.63) is 48.6 Å². The van der Waals surface area contributed by atoms with E-state index in [4.69, 9.17) is 0 Å². The Balaban J connectivity index is 1.86. The first kappa shape index (κ1) is 27.7. The summed E-state index contributed by atoms with van der Waals surface area (Å²) in [5.41, 5.74) is 0.132. The molecule has 0 saturated carbocycles. The van der Waals surface area contributed by atoms with Gasteiger partial charge in [0.05, 0.1) is 29.2 Å². The Morgan fingerprint density at radius 3 is 2.43 bits per heavy atom. The van der Waals surface area contributed by atoms with Crippen LogP contribution in [0.5, 0.6) is 0 Å². The summed E-state index contributed by atoms with van der Waals surface area (Å²) in [6.07, 6.45) is 3.69. The molecule has 202 valence electrons. The largest absolute Gasteiger partial charge is 0.481 e. The number of carboxylic acid groups (broad SMARTS) is 1. The fourth-order valence-corrected chi connectivity index (χ4v) is 9.52. The molecule has 1 aromatic rings. The second-order valence-electron chi connectivity index (χ2n) is 12.5. The van der Waals surface area contributed by atoms with E-state index in [0.717, 1.165) is 12.0 Å². The standard InChI is InChI=1S/C29H40N2O5S/c1-7-15-30(28(5,6)17-27(2,3)4)25(34)23-29-14-13-20(37-29)21(26(35)36)22(29)24(33)31(23)19(16-32)18-11-9-8-10-12-18/h7-12,19-23,32H,1,13-17H2,2-6H3,(H,35,36)/t19-,20-,21+,22+,23?,29?/m1/s1. The number of fused-ring (bicyclic) bond motifs is 1. The minimum Gasteiger partial charge on any atom is -0.481 e. The zero-order valence-corrected chi connectivity index (χ0v) is 23.3. The number of rotatable bonds is 9. The molecule has 3 heterocycles. The van der Waals surface area contributed by atoms with E-state index in [-0.39, 0.29) is 29.1 Å². The van der Waals surface area contributed by atoms with Crippen molar-refractivity contribution in [2.24, 2.45) is 17.3 Å². The van der Waals surface area contributed by atoms with Crippen LogP contribution in [0.15, 0.2) is 43.0 Å². The number of likely N-dealkylation sites (tertiary alicyclic amines) is 1. The molecule has 1 spiro atoms. The van der Waals surface area contributed by atoms with Gasteiger partial charge in [0, 0.05) is 17.3 Å². The van der Waals surface area contributed by atoms with E-state index in [9.17, 15) is 24.6 Å². The summed E-state index contributed by atoms with van der Waals surface area (Å²) in [7, 11) is 0. The Morgan fingerprint density at radius 2 is 1.89 bits per heavy atom. The highest BCUT2D eigenvalue weighted by Gasteiger charge is 2.75. The van der Waals surface area contributed by atoms with E-state index in [1.807, 2.05) is 49.1 Å². The summed E-state index contributed by atoms with van der Waals surface area (Å²) < 4.78 is -0.832. The molecule has 3 saturated heterocycles. The molecule has 0 aromatic heterocycles. The molecule has 7 nitrogen and oxygen atoms in total. The van der Waals surface area contributed by atoms with E-state index >= 15 is 0 Å². The normalized spacial score (nSPS) is 29.8. The fraction of sp³-hybridized carbons (Fsp3) is 0.621. The van der Waals surface area contributed by atoms with Crippen LogP contribution in [0, 0.1) is 17.3 Å². The number of aliphatic carboxylic acids is 1. The molecular weight excluding hydrogens is 488 g/mol. The first-order valence-electron chi connectivity index (χ1n) is 13.1. The van der Waals surface area contributed by atoms with Gasteiger partial charge in [0.25, 0.3) is 0 Å². The smallest absolute Gasteiger partial charge is 0.308 e. The molecular formula is C29H40N2O5S. The molecule has 2 unspecified atom stereocenters. The van der Waals surface area contributed by atoms with Gasteiger partial charge >= 0.3 is 5.97 Å². The topological polar surface area (TPSA) is 98.2 Å². The second-order valence-corrected chi connectivity index (χ2v) is 14.1. The maximum absolute atomic E-state index is 14.7. The summed E-state index contributed by atoms with van der Waals surface area (Å²) in [6, 6.07) is 7.60. The second kappa shape index (κ2) is 9.77. The van der Waals surface area contributed by atoms with Crippen LogP contribution in [0.2, 0.25) is 0 Å². The van der Waals surface area contributed by atoms with Gasteiger partial charge in [-0.3, -0.25) is 14.4 Å². The summed E-state index contributed by atoms with van der Waals surface area (Å²) in [6.45, 7) is 14.3. The predicted molar refractivity (Wildman–Crippen MR) is 145 cm³/mol. The van der Waals surface area contributed by atoms with E-state index in [1.54, 1.807) is 6.08 Å². The van der Waals surface area contributed by atoms with E-state index in [2.05, 4.69) is 27.4 Å². The van der Waals surface area contributed by atoms with Crippen LogP contribution < -0.4 is 0 Å². The number of carbonyl (C=O) groups is 3. The first-order chi connectivity index (χ1) is 17.3. The van der Waals surface area contributed by atoms with Crippen LogP contribution >= 0.6 is 11.8 Å². The Labute approximate surface area is 224 Å². The van der Waals surface area contributed by atoms with Gasteiger partial charge in [-0.1, -0.05) is 57.2 Å². The minimum atomic E-state index is -0.984. The van der Waals surface area contributed by atoms with E-state index in [0.29, 0.717) is 19.4 Å². The third-order valence-corrected chi connectivity index (χ3v) is 10.2. The lowest BCUT2D eigenvalue weighted by molar-refractivity contribution is -0.151. The molecule has 0 radical (unpaired) electrons. The quantitative estimate of drug-likeness (QED) is 0.468. The lowest BCUT2D eigenvalue weighted by Crippen LogP contribution is -2.60. The van der Waals surface area contributed by atoms with Gasteiger partial charge in [0.15, 0.2) is 0 Å². The fourth-order valence-electron chi connectivity index (χ4n) is 7.32. The highest BCUT2D eigenvalue weighted by Crippen LogP contribution is 2.67. The summed E-state index contributed by atoms with van der Waals surface area (Å²) in [5, 5.41) is 20.5. The Morgan fingerprint density at radius 1 is 1.24 bits per heavy atom. The van der Waals surface area contributed by atoms with Crippen LogP contribution in [-0.4, -0.2) is 72.5 Å². The third kappa shape index (κ3) is 4.60.